The van der Waals surface area contributed by atoms with Gasteiger partial charge < -0.3 is 10.2 Å². The molecule has 5 rings (SSSR count). The van der Waals surface area contributed by atoms with Gasteiger partial charge in [0, 0.05) is 19.6 Å². The van der Waals surface area contributed by atoms with Crippen LogP contribution in [0.1, 0.15) is 35.4 Å². The predicted octanol–water partition coefficient (Wildman–Crippen LogP) is 4.27. The maximum atomic E-state index is 13.0. The number of nitrogens with one attached hydrogen (secondary N) is 1. The first kappa shape index (κ1) is 22.1. The first-order chi connectivity index (χ1) is 16.5. The van der Waals surface area contributed by atoms with Gasteiger partial charge in [-0.25, -0.2) is 4.68 Å². The highest BCUT2D eigenvalue weighted by atomic mass is 16.1. The summed E-state index contributed by atoms with van der Waals surface area (Å²) in [5, 5.41) is 18.1. The van der Waals surface area contributed by atoms with E-state index < -0.39 is 0 Å². The third kappa shape index (κ3) is 4.14. The van der Waals surface area contributed by atoms with E-state index in [0.717, 1.165) is 58.7 Å². The number of rotatable bonds is 5. The number of carbonyl (C=O) groups excluding carboxylic acids is 1. The van der Waals surface area contributed by atoms with E-state index in [1.807, 2.05) is 54.1 Å². The molecule has 4 aromatic rings. The molecule has 0 saturated carbocycles. The fourth-order valence-corrected chi connectivity index (χ4v) is 4.86. The molecule has 1 fully saturated rings. The summed E-state index contributed by atoms with van der Waals surface area (Å²) in [6.07, 6.45) is 1.80. The first-order valence-corrected chi connectivity index (χ1v) is 11.9. The molecule has 2 aromatic carbocycles. The number of carbonyl (C=O) groups is 1. The highest BCUT2D eigenvalue weighted by Gasteiger charge is 2.29. The van der Waals surface area contributed by atoms with E-state index in [1.54, 1.807) is 0 Å². The highest BCUT2D eigenvalue weighted by Crippen LogP contribution is 2.31. The molecule has 7 nitrogen and oxygen atoms in total. The number of aryl methyl sites for hydroxylation is 3. The lowest BCUT2D eigenvalue weighted by molar-refractivity contribution is -0.125. The van der Waals surface area contributed by atoms with Gasteiger partial charge in [0.2, 0.25) is 5.91 Å². The van der Waals surface area contributed by atoms with Crippen LogP contribution in [0.4, 0.5) is 5.82 Å². The second-order valence-electron chi connectivity index (χ2n) is 9.09. The molecule has 0 spiro atoms. The van der Waals surface area contributed by atoms with Crippen LogP contribution < -0.4 is 10.2 Å². The SMILES string of the molecule is Cc1ccccc1CNC(=O)[C@H]1CCCN(c2nnc(C)c3c(C)n(-c4ccccc4)nc23)C1. The Kier molecular flexibility index (Phi) is 6.01. The molecular formula is C27H30N6O. The minimum absolute atomic E-state index is 0.0896. The van der Waals surface area contributed by atoms with Gasteiger partial charge in [-0.05, 0) is 56.9 Å². The number of anilines is 1. The van der Waals surface area contributed by atoms with Crippen molar-refractivity contribution in [1.82, 2.24) is 25.3 Å². The molecule has 1 amide bonds. The number of para-hydroxylation sites is 1. The largest absolute Gasteiger partial charge is 0.352 e. The summed E-state index contributed by atoms with van der Waals surface area (Å²) in [5.74, 6) is 0.762. The molecule has 3 heterocycles. The summed E-state index contributed by atoms with van der Waals surface area (Å²) in [5.41, 5.74) is 6.09. The van der Waals surface area contributed by atoms with Gasteiger partial charge in [-0.1, -0.05) is 42.5 Å². The van der Waals surface area contributed by atoms with Crippen LogP contribution in [0.15, 0.2) is 54.6 Å². The Morgan fingerprint density at radius 1 is 1.03 bits per heavy atom. The molecule has 0 unspecified atom stereocenters. The van der Waals surface area contributed by atoms with Gasteiger partial charge in [-0.3, -0.25) is 4.79 Å². The van der Waals surface area contributed by atoms with Crippen LogP contribution in [0.2, 0.25) is 0 Å². The van der Waals surface area contributed by atoms with Crippen molar-refractivity contribution in [2.24, 2.45) is 5.92 Å². The summed E-state index contributed by atoms with van der Waals surface area (Å²) in [7, 11) is 0. The molecule has 174 valence electrons. The van der Waals surface area contributed by atoms with Crippen molar-refractivity contribution < 1.29 is 4.79 Å². The molecule has 1 aliphatic rings. The maximum absolute atomic E-state index is 13.0. The van der Waals surface area contributed by atoms with Crippen LogP contribution in [-0.4, -0.2) is 39.0 Å². The molecule has 1 atom stereocenters. The third-order valence-electron chi connectivity index (χ3n) is 6.79. The molecule has 7 heteroatoms. The van der Waals surface area contributed by atoms with Gasteiger partial charge in [-0.15, -0.1) is 5.10 Å². The molecule has 34 heavy (non-hydrogen) atoms. The number of benzene rings is 2. The van der Waals surface area contributed by atoms with E-state index in [2.05, 4.69) is 46.4 Å². The van der Waals surface area contributed by atoms with Crippen molar-refractivity contribution in [3.05, 3.63) is 77.1 Å². The van der Waals surface area contributed by atoms with E-state index in [-0.39, 0.29) is 11.8 Å². The third-order valence-corrected chi connectivity index (χ3v) is 6.79. The topological polar surface area (TPSA) is 75.9 Å². The number of hydrogen-bond acceptors (Lipinski definition) is 5. The lowest BCUT2D eigenvalue weighted by Gasteiger charge is -2.32. The smallest absolute Gasteiger partial charge is 0.225 e. The molecular weight excluding hydrogens is 424 g/mol. The van der Waals surface area contributed by atoms with Crippen molar-refractivity contribution in [2.75, 3.05) is 18.0 Å². The Hall–Kier alpha value is -3.74. The molecule has 1 N–H and O–H groups in total. The van der Waals surface area contributed by atoms with Crippen LogP contribution in [-0.2, 0) is 11.3 Å². The minimum atomic E-state index is -0.0896. The zero-order chi connectivity index (χ0) is 23.7. The standard InChI is InChI=1S/C27H30N6O/c1-18-10-7-8-11-21(18)16-28-27(34)22-12-9-15-32(17-22)26-25-24(19(2)29-30-26)20(3)33(31-25)23-13-5-4-6-14-23/h4-8,10-11,13-14,22H,9,12,15-17H2,1-3H3,(H,28,34)/t22-/m0/s1. The van der Waals surface area contributed by atoms with Crippen LogP contribution in [0.25, 0.3) is 16.6 Å². The van der Waals surface area contributed by atoms with Crippen molar-refractivity contribution in [3.63, 3.8) is 0 Å². The monoisotopic (exact) mass is 454 g/mol. The maximum Gasteiger partial charge on any atom is 0.225 e. The van der Waals surface area contributed by atoms with Gasteiger partial charge in [-0.2, -0.15) is 10.2 Å². The van der Waals surface area contributed by atoms with Crippen molar-refractivity contribution in [2.45, 2.75) is 40.2 Å². The Labute approximate surface area is 199 Å². The molecule has 1 aliphatic heterocycles. The predicted molar refractivity (Wildman–Crippen MR) is 134 cm³/mol. The van der Waals surface area contributed by atoms with E-state index in [1.165, 1.54) is 5.56 Å². The van der Waals surface area contributed by atoms with Crippen LogP contribution in [0.5, 0.6) is 0 Å². The fourth-order valence-electron chi connectivity index (χ4n) is 4.86. The van der Waals surface area contributed by atoms with Crippen LogP contribution >= 0.6 is 0 Å². The van der Waals surface area contributed by atoms with Gasteiger partial charge in [0.05, 0.1) is 28.4 Å². The average molecular weight is 455 g/mol. The van der Waals surface area contributed by atoms with E-state index in [0.29, 0.717) is 13.1 Å². The summed E-state index contributed by atoms with van der Waals surface area (Å²) < 4.78 is 1.96. The van der Waals surface area contributed by atoms with Crippen LogP contribution in [0.3, 0.4) is 0 Å². The number of amides is 1. The van der Waals surface area contributed by atoms with E-state index in [4.69, 9.17) is 5.10 Å². The van der Waals surface area contributed by atoms with Gasteiger partial charge >= 0.3 is 0 Å². The molecule has 0 radical (unpaired) electrons. The summed E-state index contributed by atoms with van der Waals surface area (Å²) >= 11 is 0. The quantitative estimate of drug-likeness (QED) is 0.487. The Bertz CT molecular complexity index is 1330. The summed E-state index contributed by atoms with van der Waals surface area (Å²) in [6.45, 7) is 8.12. The number of piperidine rings is 1. The molecule has 0 bridgehead atoms. The van der Waals surface area contributed by atoms with Gasteiger partial charge in [0.25, 0.3) is 0 Å². The normalized spacial score (nSPS) is 16.1. The van der Waals surface area contributed by atoms with Crippen molar-refractivity contribution in [3.8, 4) is 5.69 Å². The second-order valence-corrected chi connectivity index (χ2v) is 9.09. The Balaban J connectivity index is 1.40. The Morgan fingerprint density at radius 3 is 2.59 bits per heavy atom. The Morgan fingerprint density at radius 2 is 1.79 bits per heavy atom. The van der Waals surface area contributed by atoms with Gasteiger partial charge in [0.15, 0.2) is 5.82 Å². The first-order valence-electron chi connectivity index (χ1n) is 11.9. The summed E-state index contributed by atoms with van der Waals surface area (Å²) in [4.78, 5) is 15.2. The fraction of sp³-hybridized carbons (Fsp3) is 0.333. The zero-order valence-electron chi connectivity index (χ0n) is 20.0. The number of fused-ring (bicyclic) bond motifs is 1. The molecule has 0 aliphatic carbocycles. The second kappa shape index (κ2) is 9.25. The lowest BCUT2D eigenvalue weighted by atomic mass is 9.96. The van der Waals surface area contributed by atoms with E-state index >= 15 is 0 Å². The van der Waals surface area contributed by atoms with Crippen molar-refractivity contribution in [1.29, 1.82) is 0 Å². The molecule has 1 saturated heterocycles. The number of nitrogens with zero attached hydrogens (tertiary/aromatic N) is 5. The minimum Gasteiger partial charge on any atom is -0.352 e. The van der Waals surface area contributed by atoms with Crippen LogP contribution in [0, 0.1) is 26.7 Å². The lowest BCUT2D eigenvalue weighted by Crippen LogP contribution is -2.43. The van der Waals surface area contributed by atoms with E-state index in [9.17, 15) is 4.79 Å². The average Bonchev–Trinajstić information content (AvgIpc) is 3.22. The molecule has 2 aromatic heterocycles. The summed E-state index contributed by atoms with van der Waals surface area (Å²) in [6, 6.07) is 18.3. The number of hydrogen-bond donors (Lipinski definition) is 1. The van der Waals surface area contributed by atoms with Gasteiger partial charge in [0.1, 0.15) is 5.52 Å². The zero-order valence-corrected chi connectivity index (χ0v) is 20.0. The highest BCUT2D eigenvalue weighted by molar-refractivity contribution is 5.92. The van der Waals surface area contributed by atoms with Crippen molar-refractivity contribution >= 4 is 22.6 Å². The number of aromatic nitrogens is 4.